The maximum absolute atomic E-state index is 5.07. The summed E-state index contributed by atoms with van der Waals surface area (Å²) in [4.78, 5) is 5.16. The Hall–Kier alpha value is -0.200. The Morgan fingerprint density at radius 1 is 1.54 bits per heavy atom. The van der Waals surface area contributed by atoms with Crippen molar-refractivity contribution >= 4 is 43.2 Å². The van der Waals surface area contributed by atoms with E-state index in [-0.39, 0.29) is 0 Å². The predicted octanol–water partition coefficient (Wildman–Crippen LogP) is 3.46. The van der Waals surface area contributed by atoms with Crippen molar-refractivity contribution in [3.63, 3.8) is 0 Å². The minimum Gasteiger partial charge on any atom is -0.333 e. The van der Waals surface area contributed by atoms with E-state index in [2.05, 4.69) is 42.0 Å². The maximum atomic E-state index is 5.07. The molecular weight excluding hydrogens is 320 g/mol. The Labute approximate surface area is 95.4 Å². The molecule has 2 rings (SSSR count). The van der Waals surface area contributed by atoms with E-state index in [1.165, 1.54) is 0 Å². The molecule has 0 unspecified atom stereocenters. The lowest BCUT2D eigenvalue weighted by Gasteiger charge is -1.86. The van der Waals surface area contributed by atoms with Gasteiger partial charge in [-0.15, -0.1) is 11.3 Å². The first-order valence-corrected chi connectivity index (χ1v) is 6.22. The zero-order chi connectivity index (χ0) is 9.26. The molecule has 0 radical (unpaired) electrons. The molecule has 2 aromatic rings. The second kappa shape index (κ2) is 3.89. The molecule has 0 saturated carbocycles. The van der Waals surface area contributed by atoms with Crippen LogP contribution in [0.5, 0.6) is 0 Å². The van der Waals surface area contributed by atoms with Gasteiger partial charge in [0.15, 0.2) is 5.82 Å². The van der Waals surface area contributed by atoms with Gasteiger partial charge in [0.1, 0.15) is 4.88 Å². The van der Waals surface area contributed by atoms with Gasteiger partial charge in [-0.25, -0.2) is 0 Å². The van der Waals surface area contributed by atoms with Crippen molar-refractivity contribution in [2.24, 2.45) is 0 Å². The van der Waals surface area contributed by atoms with Crippen LogP contribution in [0, 0.1) is 0 Å². The van der Waals surface area contributed by atoms with Crippen molar-refractivity contribution in [3.05, 3.63) is 21.7 Å². The Kier molecular flexibility index (Phi) is 2.80. The fourth-order valence-electron chi connectivity index (χ4n) is 0.847. The number of rotatable bonds is 2. The zero-order valence-electron chi connectivity index (χ0n) is 6.33. The highest BCUT2D eigenvalue weighted by atomic mass is 79.9. The van der Waals surface area contributed by atoms with Crippen LogP contribution in [0.3, 0.4) is 0 Å². The van der Waals surface area contributed by atoms with Crippen molar-refractivity contribution in [1.82, 2.24) is 10.1 Å². The normalized spacial score (nSPS) is 10.6. The molecule has 0 atom stereocenters. The molecule has 0 amide bonds. The van der Waals surface area contributed by atoms with E-state index in [1.807, 2.05) is 11.4 Å². The van der Waals surface area contributed by atoms with Gasteiger partial charge in [0.2, 0.25) is 0 Å². The van der Waals surface area contributed by atoms with E-state index in [1.54, 1.807) is 11.3 Å². The van der Waals surface area contributed by atoms with Crippen LogP contribution in [0.4, 0.5) is 0 Å². The third-order valence-electron chi connectivity index (χ3n) is 1.40. The van der Waals surface area contributed by atoms with Crippen LogP contribution in [0.15, 0.2) is 20.4 Å². The van der Waals surface area contributed by atoms with Crippen molar-refractivity contribution < 1.29 is 4.52 Å². The molecule has 0 bridgehead atoms. The molecule has 2 heterocycles. The van der Waals surface area contributed by atoms with E-state index in [0.717, 1.165) is 9.35 Å². The summed E-state index contributed by atoms with van der Waals surface area (Å²) in [5.41, 5.74) is 0. The number of nitrogens with zero attached hydrogens (tertiary/aromatic N) is 2. The Morgan fingerprint density at radius 2 is 2.38 bits per heavy atom. The first-order valence-electron chi connectivity index (χ1n) is 3.43. The van der Waals surface area contributed by atoms with Crippen LogP contribution < -0.4 is 0 Å². The van der Waals surface area contributed by atoms with Gasteiger partial charge >= 0.3 is 0 Å². The van der Waals surface area contributed by atoms with Gasteiger partial charge in [0.25, 0.3) is 5.89 Å². The van der Waals surface area contributed by atoms with Crippen molar-refractivity contribution in [2.75, 3.05) is 0 Å². The van der Waals surface area contributed by atoms with Crippen LogP contribution in [-0.2, 0) is 5.33 Å². The quantitative estimate of drug-likeness (QED) is 0.794. The zero-order valence-corrected chi connectivity index (χ0v) is 10.3. The van der Waals surface area contributed by atoms with Crippen LogP contribution >= 0.6 is 43.2 Å². The SMILES string of the molecule is BrCc1noc(-c2sccc2Br)n1. The maximum Gasteiger partial charge on any atom is 0.269 e. The highest BCUT2D eigenvalue weighted by Gasteiger charge is 2.12. The number of hydrogen-bond donors (Lipinski definition) is 0. The molecule has 3 nitrogen and oxygen atoms in total. The monoisotopic (exact) mass is 322 g/mol. The number of thiophene rings is 1. The lowest BCUT2D eigenvalue weighted by Crippen LogP contribution is -1.78. The lowest BCUT2D eigenvalue weighted by atomic mass is 10.5. The van der Waals surface area contributed by atoms with E-state index < -0.39 is 0 Å². The molecule has 0 spiro atoms. The molecule has 0 saturated heterocycles. The van der Waals surface area contributed by atoms with Crippen molar-refractivity contribution in [2.45, 2.75) is 5.33 Å². The summed E-state index contributed by atoms with van der Waals surface area (Å²) >= 11 is 8.23. The smallest absolute Gasteiger partial charge is 0.269 e. The molecule has 68 valence electrons. The summed E-state index contributed by atoms with van der Waals surface area (Å²) in [6, 6.07) is 1.96. The average Bonchev–Trinajstić information content (AvgIpc) is 2.71. The molecule has 0 aliphatic heterocycles. The third kappa shape index (κ3) is 1.84. The highest BCUT2D eigenvalue weighted by molar-refractivity contribution is 9.10. The van der Waals surface area contributed by atoms with Crippen molar-refractivity contribution in [1.29, 1.82) is 0 Å². The molecule has 2 aromatic heterocycles. The summed E-state index contributed by atoms with van der Waals surface area (Å²) in [5.74, 6) is 1.23. The van der Waals surface area contributed by atoms with Crippen LogP contribution in [0.25, 0.3) is 10.8 Å². The number of alkyl halides is 1. The standard InChI is InChI=1S/C7H4Br2N2OS/c8-3-5-10-7(12-11-5)6-4(9)1-2-13-6/h1-2H,3H2. The van der Waals surface area contributed by atoms with Crippen LogP contribution in [-0.4, -0.2) is 10.1 Å². The third-order valence-corrected chi connectivity index (χ3v) is 3.73. The largest absolute Gasteiger partial charge is 0.333 e. The fourth-order valence-corrected chi connectivity index (χ4v) is 2.54. The second-order valence-electron chi connectivity index (χ2n) is 2.25. The van der Waals surface area contributed by atoms with Gasteiger partial charge in [-0.2, -0.15) is 4.98 Å². The Bertz CT molecular complexity index is 412. The van der Waals surface area contributed by atoms with Gasteiger partial charge < -0.3 is 4.52 Å². The topological polar surface area (TPSA) is 38.9 Å². The van der Waals surface area contributed by atoms with E-state index >= 15 is 0 Å². The van der Waals surface area contributed by atoms with Gasteiger partial charge in [-0.3, -0.25) is 0 Å². The number of aromatic nitrogens is 2. The summed E-state index contributed by atoms with van der Waals surface area (Å²) < 4.78 is 6.06. The van der Waals surface area contributed by atoms with Crippen LogP contribution in [0.1, 0.15) is 5.82 Å². The van der Waals surface area contributed by atoms with Crippen LogP contribution in [0.2, 0.25) is 0 Å². The van der Waals surface area contributed by atoms with E-state index in [4.69, 9.17) is 4.52 Å². The fraction of sp³-hybridized carbons (Fsp3) is 0.143. The molecular formula is C7H4Br2N2OS. The summed E-state index contributed by atoms with van der Waals surface area (Å²) in [7, 11) is 0. The molecule has 13 heavy (non-hydrogen) atoms. The van der Waals surface area contributed by atoms with Crippen molar-refractivity contribution in [3.8, 4) is 10.8 Å². The first kappa shape index (κ1) is 9.36. The van der Waals surface area contributed by atoms with E-state index in [0.29, 0.717) is 17.0 Å². The molecule has 6 heteroatoms. The first-order chi connectivity index (χ1) is 6.31. The molecule has 0 aliphatic rings. The summed E-state index contributed by atoms with van der Waals surface area (Å²) in [5, 5.41) is 6.36. The van der Waals surface area contributed by atoms with E-state index in [9.17, 15) is 0 Å². The Morgan fingerprint density at radius 3 is 2.92 bits per heavy atom. The summed E-state index contributed by atoms with van der Waals surface area (Å²) in [6.07, 6.45) is 0. The Balaban J connectivity index is 2.41. The second-order valence-corrected chi connectivity index (χ2v) is 4.58. The molecule has 0 fully saturated rings. The molecule has 0 aliphatic carbocycles. The summed E-state index contributed by atoms with van der Waals surface area (Å²) in [6.45, 7) is 0. The highest BCUT2D eigenvalue weighted by Crippen LogP contribution is 2.32. The average molecular weight is 324 g/mol. The van der Waals surface area contributed by atoms with Gasteiger partial charge in [-0.1, -0.05) is 21.1 Å². The van der Waals surface area contributed by atoms with Gasteiger partial charge in [-0.05, 0) is 27.4 Å². The number of hydrogen-bond acceptors (Lipinski definition) is 4. The number of halogens is 2. The van der Waals surface area contributed by atoms with Gasteiger partial charge in [0.05, 0.1) is 5.33 Å². The predicted molar refractivity (Wildman–Crippen MR) is 57.9 cm³/mol. The molecule has 0 N–H and O–H groups in total. The molecule has 0 aromatic carbocycles. The minimum atomic E-state index is 0.566. The minimum absolute atomic E-state index is 0.566. The lowest BCUT2D eigenvalue weighted by molar-refractivity contribution is 0.426. The van der Waals surface area contributed by atoms with Gasteiger partial charge in [0, 0.05) is 4.47 Å².